The molecule has 1 aliphatic heterocycles. The highest BCUT2D eigenvalue weighted by Crippen LogP contribution is 2.40. The molecule has 0 saturated carbocycles. The Bertz CT molecular complexity index is 1920. The van der Waals surface area contributed by atoms with Crippen LogP contribution in [0.4, 0.5) is 11.4 Å². The maximum Gasteiger partial charge on any atom is 0.328 e. The summed E-state index contributed by atoms with van der Waals surface area (Å²) in [6, 6.07) is 54.9. The quantitative estimate of drug-likeness (QED) is 0.228. The van der Waals surface area contributed by atoms with Gasteiger partial charge in [-0.3, -0.25) is 0 Å². The third kappa shape index (κ3) is 3.37. The Morgan fingerprint density at radius 3 is 1.67 bits per heavy atom. The normalized spacial score (nSPS) is 12.5. The lowest BCUT2D eigenvalue weighted by Crippen LogP contribution is -2.57. The number of rotatable bonds is 3. The first-order valence-electron chi connectivity index (χ1n) is 13.5. The van der Waals surface area contributed by atoms with Gasteiger partial charge in [-0.2, -0.15) is 0 Å². The fraction of sp³-hybridized carbons (Fsp3) is 0. The number of benzene rings is 6. The second kappa shape index (κ2) is 8.78. The molecule has 0 N–H and O–H groups in total. The molecular formula is C36H25BN2. The van der Waals surface area contributed by atoms with Crippen molar-refractivity contribution in [3.63, 3.8) is 0 Å². The van der Waals surface area contributed by atoms with Crippen LogP contribution in [0.2, 0.25) is 0 Å². The predicted molar refractivity (Wildman–Crippen MR) is 166 cm³/mol. The smallest absolute Gasteiger partial charge is 0.328 e. The first-order chi connectivity index (χ1) is 19.4. The van der Waals surface area contributed by atoms with Crippen LogP contribution in [0.15, 0.2) is 152 Å². The molecule has 6 aromatic carbocycles. The van der Waals surface area contributed by atoms with E-state index in [0.717, 1.165) is 5.69 Å². The maximum atomic E-state index is 2.50. The third-order valence-corrected chi connectivity index (χ3v) is 8.05. The van der Waals surface area contributed by atoms with Gasteiger partial charge in [0.2, 0.25) is 0 Å². The summed E-state index contributed by atoms with van der Waals surface area (Å²) in [5.41, 5.74) is 11.2. The standard InChI is InChI=1S/C36H25BN2/c1-2-12-26(13-3-1)37-33-18-8-4-14-29(33)30-15-7-11-21-36(30)39(37)28-24-22-27(23-25-28)38-34-19-9-5-16-31(34)32-17-6-10-20-35(32)38/h1-25H. The minimum Gasteiger partial charge on any atom is -0.376 e. The van der Waals surface area contributed by atoms with Crippen molar-refractivity contribution in [2.24, 2.45) is 0 Å². The molecule has 0 radical (unpaired) electrons. The van der Waals surface area contributed by atoms with E-state index in [9.17, 15) is 0 Å². The highest BCUT2D eigenvalue weighted by molar-refractivity contribution is 6.90. The number of hydrogen-bond donors (Lipinski definition) is 0. The molecule has 8 rings (SSSR count). The van der Waals surface area contributed by atoms with Gasteiger partial charge in [0.15, 0.2) is 0 Å². The Balaban J connectivity index is 1.32. The van der Waals surface area contributed by atoms with Crippen LogP contribution in [0.5, 0.6) is 0 Å². The zero-order valence-corrected chi connectivity index (χ0v) is 21.4. The van der Waals surface area contributed by atoms with Crippen molar-refractivity contribution in [3.8, 4) is 16.8 Å². The van der Waals surface area contributed by atoms with Gasteiger partial charge in [-0.25, -0.2) is 0 Å². The van der Waals surface area contributed by atoms with E-state index in [-0.39, 0.29) is 6.85 Å². The van der Waals surface area contributed by atoms with Gasteiger partial charge >= 0.3 is 6.85 Å². The van der Waals surface area contributed by atoms with Crippen molar-refractivity contribution < 1.29 is 0 Å². The molecule has 0 aliphatic carbocycles. The van der Waals surface area contributed by atoms with Gasteiger partial charge in [-0.1, -0.05) is 115 Å². The van der Waals surface area contributed by atoms with Crippen LogP contribution in [0.25, 0.3) is 38.6 Å². The first kappa shape index (κ1) is 22.0. The average Bonchev–Trinajstić information content (AvgIpc) is 3.35. The van der Waals surface area contributed by atoms with Gasteiger partial charge in [-0.15, -0.1) is 0 Å². The number of anilines is 2. The number of fused-ring (bicyclic) bond motifs is 6. The van der Waals surface area contributed by atoms with Gasteiger partial charge in [0.1, 0.15) is 0 Å². The van der Waals surface area contributed by atoms with Crippen LogP contribution in [0, 0.1) is 0 Å². The highest BCUT2D eigenvalue weighted by Gasteiger charge is 2.36. The molecule has 2 heterocycles. The zero-order chi connectivity index (χ0) is 25.8. The molecule has 0 fully saturated rings. The van der Waals surface area contributed by atoms with E-state index in [2.05, 4.69) is 161 Å². The minimum absolute atomic E-state index is 0.0800. The molecule has 0 bridgehead atoms. The monoisotopic (exact) mass is 496 g/mol. The van der Waals surface area contributed by atoms with E-state index >= 15 is 0 Å². The van der Waals surface area contributed by atoms with E-state index in [1.807, 2.05) is 0 Å². The average molecular weight is 496 g/mol. The minimum atomic E-state index is 0.0800. The summed E-state index contributed by atoms with van der Waals surface area (Å²) in [7, 11) is 0. The van der Waals surface area contributed by atoms with Crippen LogP contribution in [-0.4, -0.2) is 11.4 Å². The highest BCUT2D eigenvalue weighted by atomic mass is 15.1. The number of aromatic nitrogens is 1. The van der Waals surface area contributed by atoms with Crippen LogP contribution in [-0.2, 0) is 0 Å². The van der Waals surface area contributed by atoms with Crippen molar-refractivity contribution in [3.05, 3.63) is 152 Å². The number of hydrogen-bond acceptors (Lipinski definition) is 1. The Hall–Kier alpha value is -5.02. The second-order valence-corrected chi connectivity index (χ2v) is 10.2. The SMILES string of the molecule is c1ccc(B2c3ccccc3-c3ccccc3N2c2ccc(-n3c4ccccc4c4ccccc43)cc2)cc1. The summed E-state index contributed by atoms with van der Waals surface area (Å²) in [5, 5.41) is 2.56. The zero-order valence-electron chi connectivity index (χ0n) is 21.4. The molecule has 0 unspecified atom stereocenters. The van der Waals surface area contributed by atoms with Crippen LogP contribution >= 0.6 is 0 Å². The van der Waals surface area contributed by atoms with E-state index in [4.69, 9.17) is 0 Å². The van der Waals surface area contributed by atoms with Gasteiger partial charge in [0, 0.05) is 33.4 Å². The van der Waals surface area contributed by atoms with Crippen LogP contribution in [0.3, 0.4) is 0 Å². The van der Waals surface area contributed by atoms with E-state index < -0.39 is 0 Å². The molecule has 2 nitrogen and oxygen atoms in total. The number of para-hydroxylation sites is 3. The molecule has 0 amide bonds. The van der Waals surface area contributed by atoms with Crippen molar-refractivity contribution in [1.29, 1.82) is 0 Å². The van der Waals surface area contributed by atoms with E-state index in [1.165, 1.54) is 55.2 Å². The van der Waals surface area contributed by atoms with Crippen molar-refractivity contribution in [2.75, 3.05) is 4.81 Å². The summed E-state index contributed by atoms with van der Waals surface area (Å²) >= 11 is 0. The Labute approximate surface area is 228 Å². The molecule has 7 aromatic rings. The molecular weight excluding hydrogens is 471 g/mol. The topological polar surface area (TPSA) is 8.17 Å². The maximum absolute atomic E-state index is 2.50. The van der Waals surface area contributed by atoms with Crippen molar-refractivity contribution in [2.45, 2.75) is 0 Å². The lowest BCUT2D eigenvalue weighted by Gasteiger charge is -2.39. The van der Waals surface area contributed by atoms with Crippen molar-refractivity contribution >= 4 is 51.0 Å². The lowest BCUT2D eigenvalue weighted by molar-refractivity contribution is 1.18. The van der Waals surface area contributed by atoms with Gasteiger partial charge in [-0.05, 0) is 53.5 Å². The summed E-state index contributed by atoms with van der Waals surface area (Å²) in [4.78, 5) is 2.50. The summed E-state index contributed by atoms with van der Waals surface area (Å²) < 4.78 is 2.38. The molecule has 0 atom stereocenters. The molecule has 1 aromatic heterocycles. The van der Waals surface area contributed by atoms with E-state index in [0.29, 0.717) is 0 Å². The van der Waals surface area contributed by atoms with E-state index in [1.54, 1.807) is 0 Å². The molecule has 182 valence electrons. The molecule has 0 spiro atoms. The Morgan fingerprint density at radius 2 is 0.949 bits per heavy atom. The Morgan fingerprint density at radius 1 is 0.410 bits per heavy atom. The number of nitrogens with zero attached hydrogens (tertiary/aromatic N) is 2. The largest absolute Gasteiger partial charge is 0.376 e. The van der Waals surface area contributed by atoms with Crippen molar-refractivity contribution in [1.82, 2.24) is 4.57 Å². The summed E-state index contributed by atoms with van der Waals surface area (Å²) in [6.07, 6.45) is 0. The first-order valence-corrected chi connectivity index (χ1v) is 13.5. The van der Waals surface area contributed by atoms with Gasteiger partial charge in [0.05, 0.1) is 11.0 Å². The fourth-order valence-electron chi connectivity index (χ4n) is 6.39. The Kier molecular flexibility index (Phi) is 4.96. The molecule has 0 saturated heterocycles. The van der Waals surface area contributed by atoms with Crippen LogP contribution < -0.4 is 15.7 Å². The van der Waals surface area contributed by atoms with Gasteiger partial charge in [0.25, 0.3) is 0 Å². The van der Waals surface area contributed by atoms with Gasteiger partial charge < -0.3 is 9.38 Å². The second-order valence-electron chi connectivity index (χ2n) is 10.2. The van der Waals surface area contributed by atoms with Crippen LogP contribution in [0.1, 0.15) is 0 Å². The molecule has 1 aliphatic rings. The third-order valence-electron chi connectivity index (χ3n) is 8.05. The summed E-state index contributed by atoms with van der Waals surface area (Å²) in [5.74, 6) is 0. The molecule has 3 heteroatoms. The fourth-order valence-corrected chi connectivity index (χ4v) is 6.39. The molecule has 39 heavy (non-hydrogen) atoms. The predicted octanol–water partition coefficient (Wildman–Crippen LogP) is 7.71. The lowest BCUT2D eigenvalue weighted by atomic mass is 9.46. The summed E-state index contributed by atoms with van der Waals surface area (Å²) in [6.45, 7) is 0.0800.